The Bertz CT molecular complexity index is 2330. The first-order valence-corrected chi connectivity index (χ1v) is 16.2. The smallest absolute Gasteiger partial charge is 0.164 e. The fourth-order valence-corrected chi connectivity index (χ4v) is 6.64. The molecule has 5 nitrogen and oxygen atoms in total. The summed E-state index contributed by atoms with van der Waals surface area (Å²) in [7, 11) is 0. The van der Waals surface area contributed by atoms with Crippen molar-refractivity contribution in [1.29, 1.82) is 0 Å². The van der Waals surface area contributed by atoms with E-state index in [1.165, 1.54) is 5.56 Å². The van der Waals surface area contributed by atoms with Gasteiger partial charge in [0.1, 0.15) is 0 Å². The van der Waals surface area contributed by atoms with Crippen molar-refractivity contribution in [2.75, 3.05) is 0 Å². The van der Waals surface area contributed by atoms with Crippen LogP contribution in [0.25, 0.3) is 67.5 Å². The van der Waals surface area contributed by atoms with Crippen molar-refractivity contribution >= 4 is 22.3 Å². The van der Waals surface area contributed by atoms with Crippen LogP contribution in [0, 0.1) is 0 Å². The van der Waals surface area contributed by atoms with Gasteiger partial charge in [0.05, 0.1) is 16.9 Å². The molecular weight excluding hydrogens is 587 g/mol. The summed E-state index contributed by atoms with van der Waals surface area (Å²) in [5.74, 6) is 2.16. The number of rotatable bonds is 5. The number of benzene rings is 5. The molecule has 1 aliphatic carbocycles. The molecule has 3 heterocycles. The van der Waals surface area contributed by atoms with Crippen LogP contribution in [0.15, 0.2) is 163 Å². The van der Waals surface area contributed by atoms with E-state index in [2.05, 4.69) is 91.0 Å². The second-order valence-corrected chi connectivity index (χ2v) is 12.0. The highest BCUT2D eigenvalue weighted by atomic mass is 15.0. The lowest BCUT2D eigenvalue weighted by Crippen LogP contribution is -2.06. The minimum Gasteiger partial charge on any atom is -0.252 e. The molecule has 2 aromatic heterocycles. The Kier molecular flexibility index (Phi) is 6.86. The normalized spacial score (nSPS) is 14.8. The fourth-order valence-electron chi connectivity index (χ4n) is 6.64. The van der Waals surface area contributed by atoms with Crippen LogP contribution in [-0.2, 0) is 0 Å². The minimum atomic E-state index is 0.203. The SMILES string of the molecule is C1=CCC2C(=Nc3c2c(-c2ccc(-c4ccc(-c5nc(-c6ccccc6)nc(-c6ccccc6)n5)cc4)cc2)nc2ccccc32)C=C1. The first-order chi connectivity index (χ1) is 23.8. The average molecular weight is 616 g/mol. The molecule has 0 amide bonds. The quantitative estimate of drug-likeness (QED) is 0.193. The number of allylic oxidation sites excluding steroid dienone is 4. The Labute approximate surface area is 278 Å². The predicted molar refractivity (Wildman–Crippen MR) is 195 cm³/mol. The number of aliphatic imine (C=N–C) groups is 1. The van der Waals surface area contributed by atoms with Gasteiger partial charge in [0.15, 0.2) is 17.5 Å². The zero-order valence-electron chi connectivity index (χ0n) is 26.0. The van der Waals surface area contributed by atoms with Gasteiger partial charge in [-0.05, 0) is 29.7 Å². The van der Waals surface area contributed by atoms with Crippen LogP contribution < -0.4 is 0 Å². The molecule has 5 aromatic carbocycles. The van der Waals surface area contributed by atoms with Gasteiger partial charge in [-0.25, -0.2) is 19.9 Å². The highest BCUT2D eigenvalue weighted by Gasteiger charge is 2.31. The molecule has 1 atom stereocenters. The molecule has 0 fully saturated rings. The molecule has 0 spiro atoms. The first kappa shape index (κ1) is 27.9. The Morgan fingerprint density at radius 3 is 1.60 bits per heavy atom. The summed E-state index contributed by atoms with van der Waals surface area (Å²) in [5.41, 5.74) is 11.6. The highest BCUT2D eigenvalue weighted by molar-refractivity contribution is 6.12. The molecule has 0 saturated heterocycles. The Morgan fingerprint density at radius 2 is 0.979 bits per heavy atom. The predicted octanol–water partition coefficient (Wildman–Crippen LogP) is 10.4. The van der Waals surface area contributed by atoms with Gasteiger partial charge in [0.2, 0.25) is 0 Å². The van der Waals surface area contributed by atoms with Gasteiger partial charge < -0.3 is 0 Å². The molecule has 0 N–H and O–H groups in total. The number of para-hydroxylation sites is 1. The van der Waals surface area contributed by atoms with E-state index in [9.17, 15) is 0 Å². The van der Waals surface area contributed by atoms with Crippen molar-refractivity contribution in [3.63, 3.8) is 0 Å². The van der Waals surface area contributed by atoms with E-state index in [-0.39, 0.29) is 5.92 Å². The zero-order valence-corrected chi connectivity index (χ0v) is 26.0. The topological polar surface area (TPSA) is 63.9 Å². The lowest BCUT2D eigenvalue weighted by Gasteiger charge is -2.16. The van der Waals surface area contributed by atoms with Gasteiger partial charge in [0, 0.05) is 44.8 Å². The lowest BCUT2D eigenvalue weighted by molar-refractivity contribution is 0.935. The number of aromatic nitrogens is 4. The summed E-state index contributed by atoms with van der Waals surface area (Å²) in [6.45, 7) is 0. The summed E-state index contributed by atoms with van der Waals surface area (Å²) in [6, 6.07) is 45.6. The van der Waals surface area contributed by atoms with Crippen molar-refractivity contribution in [2.45, 2.75) is 12.3 Å². The van der Waals surface area contributed by atoms with Crippen LogP contribution in [-0.4, -0.2) is 25.6 Å². The number of pyridine rings is 1. The van der Waals surface area contributed by atoms with E-state index in [4.69, 9.17) is 24.9 Å². The number of nitrogens with zero attached hydrogens (tertiary/aromatic N) is 5. The first-order valence-electron chi connectivity index (χ1n) is 16.2. The van der Waals surface area contributed by atoms with Gasteiger partial charge in [-0.1, -0.05) is 146 Å². The maximum absolute atomic E-state index is 5.20. The van der Waals surface area contributed by atoms with Crippen LogP contribution in [0.2, 0.25) is 0 Å². The van der Waals surface area contributed by atoms with Crippen LogP contribution >= 0.6 is 0 Å². The fraction of sp³-hybridized carbons (Fsp3) is 0.0465. The van der Waals surface area contributed by atoms with Crippen LogP contribution in [0.3, 0.4) is 0 Å². The summed E-state index contributed by atoms with van der Waals surface area (Å²) < 4.78 is 0. The third-order valence-electron chi connectivity index (χ3n) is 9.07. The highest BCUT2D eigenvalue weighted by Crippen LogP contribution is 2.47. The molecule has 48 heavy (non-hydrogen) atoms. The molecule has 7 aromatic rings. The van der Waals surface area contributed by atoms with Crippen molar-refractivity contribution in [3.05, 3.63) is 163 Å². The number of fused-ring (bicyclic) bond motifs is 5. The van der Waals surface area contributed by atoms with Crippen LogP contribution in [0.5, 0.6) is 0 Å². The Hall–Kier alpha value is -6.33. The maximum Gasteiger partial charge on any atom is 0.164 e. The van der Waals surface area contributed by atoms with Gasteiger partial charge in [-0.3, -0.25) is 4.99 Å². The zero-order chi connectivity index (χ0) is 31.9. The molecule has 5 heteroatoms. The summed E-state index contributed by atoms with van der Waals surface area (Å²) in [4.78, 5) is 24.9. The lowest BCUT2D eigenvalue weighted by atomic mass is 9.88. The molecule has 0 radical (unpaired) electrons. The molecule has 9 rings (SSSR count). The molecule has 1 aliphatic heterocycles. The second-order valence-electron chi connectivity index (χ2n) is 12.0. The summed E-state index contributed by atoms with van der Waals surface area (Å²) >= 11 is 0. The molecule has 1 unspecified atom stereocenters. The van der Waals surface area contributed by atoms with E-state index in [0.29, 0.717) is 17.5 Å². The van der Waals surface area contributed by atoms with Gasteiger partial charge >= 0.3 is 0 Å². The van der Waals surface area contributed by atoms with Crippen molar-refractivity contribution in [1.82, 2.24) is 19.9 Å². The third-order valence-corrected chi connectivity index (χ3v) is 9.07. The van der Waals surface area contributed by atoms with Crippen LogP contribution in [0.4, 0.5) is 5.69 Å². The second kappa shape index (κ2) is 11.8. The van der Waals surface area contributed by atoms with E-state index >= 15 is 0 Å². The van der Waals surface area contributed by atoms with Gasteiger partial charge in [0.25, 0.3) is 0 Å². The van der Waals surface area contributed by atoms with E-state index in [0.717, 1.165) is 67.8 Å². The molecule has 2 aliphatic rings. The third kappa shape index (κ3) is 5.02. The van der Waals surface area contributed by atoms with E-state index in [1.807, 2.05) is 66.7 Å². The van der Waals surface area contributed by atoms with E-state index in [1.54, 1.807) is 0 Å². The average Bonchev–Trinajstić information content (AvgIpc) is 3.37. The van der Waals surface area contributed by atoms with Crippen molar-refractivity contribution in [2.24, 2.45) is 4.99 Å². The van der Waals surface area contributed by atoms with Crippen molar-refractivity contribution < 1.29 is 0 Å². The number of hydrogen-bond donors (Lipinski definition) is 0. The maximum atomic E-state index is 5.20. The monoisotopic (exact) mass is 615 g/mol. The molecule has 0 saturated carbocycles. The van der Waals surface area contributed by atoms with Gasteiger partial charge in [-0.15, -0.1) is 0 Å². The Balaban J connectivity index is 1.06. The minimum absolute atomic E-state index is 0.203. The summed E-state index contributed by atoms with van der Waals surface area (Å²) in [6.07, 6.45) is 9.48. The Morgan fingerprint density at radius 1 is 0.458 bits per heavy atom. The standard InChI is InChI=1S/C43H29N5/c1-4-12-31(13-5-1)41-46-42(32-14-6-2-7-15-32)48-43(47-41)33-26-22-29(23-27-33)28-20-24-30(25-21-28)39-38-34-16-8-3-9-18-36(34)45-40(38)35-17-10-11-19-37(35)44-39/h1-15,17-27,34H,16H2. The van der Waals surface area contributed by atoms with E-state index < -0.39 is 0 Å². The van der Waals surface area contributed by atoms with Gasteiger partial charge in [-0.2, -0.15) is 0 Å². The van der Waals surface area contributed by atoms with Crippen molar-refractivity contribution in [3.8, 4) is 56.5 Å². The molecule has 226 valence electrons. The summed E-state index contributed by atoms with van der Waals surface area (Å²) in [5, 5.41) is 1.11. The largest absolute Gasteiger partial charge is 0.252 e. The number of hydrogen-bond acceptors (Lipinski definition) is 5. The van der Waals surface area contributed by atoms with Crippen LogP contribution in [0.1, 0.15) is 17.9 Å². The molecular formula is C43H29N5. The molecule has 0 bridgehead atoms.